The third-order valence-electron chi connectivity index (χ3n) is 6.27. The van der Waals surface area contributed by atoms with E-state index in [9.17, 15) is 14.0 Å². The van der Waals surface area contributed by atoms with Crippen LogP contribution >= 0.6 is 0 Å². The number of hydrogen-bond acceptors (Lipinski definition) is 4. The average molecular weight is 426 g/mol. The minimum atomic E-state index is -0.390. The molecule has 0 unspecified atom stereocenters. The quantitative estimate of drug-likeness (QED) is 0.736. The van der Waals surface area contributed by atoms with Crippen molar-refractivity contribution < 1.29 is 23.5 Å². The zero-order chi connectivity index (χ0) is 22.0. The number of hydrogen-bond donors (Lipinski definition) is 0. The van der Waals surface area contributed by atoms with Gasteiger partial charge in [-0.25, -0.2) is 4.39 Å². The topological polar surface area (TPSA) is 59.1 Å². The summed E-state index contributed by atoms with van der Waals surface area (Å²) in [7, 11) is 3.19. The van der Waals surface area contributed by atoms with Crippen LogP contribution in [0.15, 0.2) is 42.5 Å². The molecule has 7 heteroatoms. The highest BCUT2D eigenvalue weighted by atomic mass is 19.1. The van der Waals surface area contributed by atoms with Crippen LogP contribution in [-0.4, -0.2) is 62.0 Å². The largest absolute Gasteiger partial charge is 0.497 e. The number of benzene rings is 2. The lowest BCUT2D eigenvalue weighted by molar-refractivity contribution is -0.134. The summed E-state index contributed by atoms with van der Waals surface area (Å²) in [5, 5.41) is 0. The van der Waals surface area contributed by atoms with Crippen LogP contribution in [0.3, 0.4) is 0 Å². The van der Waals surface area contributed by atoms with Gasteiger partial charge in [-0.1, -0.05) is 0 Å². The second-order valence-electron chi connectivity index (χ2n) is 8.07. The van der Waals surface area contributed by atoms with Gasteiger partial charge in [0, 0.05) is 43.2 Å². The normalized spacial score (nSPS) is 20.7. The van der Waals surface area contributed by atoms with Crippen LogP contribution in [0, 0.1) is 11.7 Å². The molecule has 0 bridgehead atoms. The van der Waals surface area contributed by atoms with Gasteiger partial charge in [-0.2, -0.15) is 0 Å². The van der Waals surface area contributed by atoms with E-state index >= 15 is 0 Å². The van der Waals surface area contributed by atoms with E-state index < -0.39 is 0 Å². The third kappa shape index (κ3) is 4.22. The zero-order valence-electron chi connectivity index (χ0n) is 17.8. The van der Waals surface area contributed by atoms with Crippen molar-refractivity contribution in [2.75, 3.05) is 40.4 Å². The van der Waals surface area contributed by atoms with E-state index in [1.54, 1.807) is 19.1 Å². The van der Waals surface area contributed by atoms with E-state index in [0.29, 0.717) is 30.2 Å². The second-order valence-corrected chi connectivity index (χ2v) is 8.07. The van der Waals surface area contributed by atoms with Crippen molar-refractivity contribution in [1.82, 2.24) is 9.80 Å². The molecule has 4 rings (SSSR count). The maximum atomic E-state index is 13.4. The van der Waals surface area contributed by atoms with Gasteiger partial charge >= 0.3 is 0 Å². The van der Waals surface area contributed by atoms with Gasteiger partial charge in [0.05, 0.1) is 20.1 Å². The fourth-order valence-corrected chi connectivity index (χ4v) is 4.61. The van der Waals surface area contributed by atoms with E-state index in [4.69, 9.17) is 9.47 Å². The monoisotopic (exact) mass is 426 g/mol. The molecular weight excluding hydrogens is 399 g/mol. The van der Waals surface area contributed by atoms with Crippen LogP contribution in [0.4, 0.5) is 4.39 Å². The van der Waals surface area contributed by atoms with Crippen molar-refractivity contribution in [3.63, 3.8) is 0 Å². The van der Waals surface area contributed by atoms with E-state index in [1.807, 2.05) is 23.1 Å². The van der Waals surface area contributed by atoms with Crippen LogP contribution < -0.4 is 9.47 Å². The van der Waals surface area contributed by atoms with Gasteiger partial charge in [-0.05, 0) is 55.3 Å². The molecule has 6 nitrogen and oxygen atoms in total. The first-order valence-electron chi connectivity index (χ1n) is 10.6. The molecule has 2 fully saturated rings. The number of amides is 2. The predicted molar refractivity (Wildman–Crippen MR) is 114 cm³/mol. The molecule has 2 aromatic carbocycles. The lowest BCUT2D eigenvalue weighted by Crippen LogP contribution is -2.37. The maximum Gasteiger partial charge on any atom is 0.253 e. The zero-order valence-corrected chi connectivity index (χ0v) is 17.8. The van der Waals surface area contributed by atoms with Crippen LogP contribution in [0.2, 0.25) is 0 Å². The van der Waals surface area contributed by atoms with Gasteiger partial charge in [-0.15, -0.1) is 0 Å². The number of carbonyl (C=O) groups is 2. The van der Waals surface area contributed by atoms with E-state index in [1.165, 1.54) is 24.3 Å². The Balaban J connectivity index is 1.68. The average Bonchev–Trinajstić information content (AvgIpc) is 3.49. The highest BCUT2D eigenvalue weighted by Gasteiger charge is 2.43. The number of methoxy groups -OCH3 is 2. The first-order valence-corrected chi connectivity index (χ1v) is 10.6. The Morgan fingerprint density at radius 2 is 1.65 bits per heavy atom. The fraction of sp³-hybridized carbons (Fsp3) is 0.417. The molecule has 0 N–H and O–H groups in total. The summed E-state index contributed by atoms with van der Waals surface area (Å²) in [5.41, 5.74) is 1.26. The van der Waals surface area contributed by atoms with Gasteiger partial charge in [0.2, 0.25) is 5.91 Å². The first-order chi connectivity index (χ1) is 15.0. The highest BCUT2D eigenvalue weighted by Crippen LogP contribution is 2.41. The fourth-order valence-electron chi connectivity index (χ4n) is 4.61. The summed E-state index contributed by atoms with van der Waals surface area (Å²) in [6.45, 7) is 2.20. The Morgan fingerprint density at radius 3 is 2.29 bits per heavy atom. The maximum absolute atomic E-state index is 13.4. The molecule has 31 heavy (non-hydrogen) atoms. The molecule has 2 aliphatic rings. The summed E-state index contributed by atoms with van der Waals surface area (Å²) < 4.78 is 24.3. The Bertz CT molecular complexity index is 957. The SMILES string of the molecule is COc1ccc(OC)c([C@@H]2CN(C(=O)c3ccc(F)cc3)C[C@H]2C(=O)N2CCCC2)c1. The van der Waals surface area contributed by atoms with E-state index in [0.717, 1.165) is 31.5 Å². The minimum Gasteiger partial charge on any atom is -0.497 e. The third-order valence-corrected chi connectivity index (χ3v) is 6.27. The second kappa shape index (κ2) is 8.96. The smallest absolute Gasteiger partial charge is 0.253 e. The standard InChI is InChI=1S/C24H27FN2O4/c1-30-18-9-10-22(31-2)19(13-18)20-14-27(23(28)16-5-7-17(25)8-6-16)15-21(20)24(29)26-11-3-4-12-26/h5-10,13,20-21H,3-4,11-12,14-15H2,1-2H3/t20-,21+/m0/s1. The van der Waals surface area contributed by atoms with Gasteiger partial charge in [0.15, 0.2) is 0 Å². The van der Waals surface area contributed by atoms with Gasteiger partial charge in [-0.3, -0.25) is 9.59 Å². The first kappa shape index (κ1) is 21.2. The van der Waals surface area contributed by atoms with Gasteiger partial charge in [0.25, 0.3) is 5.91 Å². The van der Waals surface area contributed by atoms with E-state index in [-0.39, 0.29) is 29.5 Å². The van der Waals surface area contributed by atoms with Crippen LogP contribution in [0.5, 0.6) is 11.5 Å². The molecule has 0 spiro atoms. The van der Waals surface area contributed by atoms with Crippen LogP contribution in [-0.2, 0) is 4.79 Å². The van der Waals surface area contributed by atoms with Crippen LogP contribution in [0.1, 0.15) is 34.7 Å². The van der Waals surface area contributed by atoms with Crippen molar-refractivity contribution >= 4 is 11.8 Å². The van der Waals surface area contributed by atoms with E-state index in [2.05, 4.69) is 0 Å². The Hall–Kier alpha value is -3.09. The molecular formula is C24H27FN2O4. The van der Waals surface area contributed by atoms with Gasteiger partial charge in [0.1, 0.15) is 17.3 Å². The van der Waals surface area contributed by atoms with Crippen molar-refractivity contribution in [2.24, 2.45) is 5.92 Å². The van der Waals surface area contributed by atoms with Crippen molar-refractivity contribution in [1.29, 1.82) is 0 Å². The predicted octanol–water partition coefficient (Wildman–Crippen LogP) is 3.32. The van der Waals surface area contributed by atoms with Crippen molar-refractivity contribution in [3.05, 3.63) is 59.4 Å². The molecule has 2 aliphatic heterocycles. The van der Waals surface area contributed by atoms with Crippen molar-refractivity contribution in [3.8, 4) is 11.5 Å². The summed E-state index contributed by atoms with van der Waals surface area (Å²) in [5.74, 6) is 0.225. The molecule has 0 aliphatic carbocycles. The summed E-state index contributed by atoms with van der Waals surface area (Å²) in [4.78, 5) is 30.1. The molecule has 0 saturated carbocycles. The summed E-state index contributed by atoms with van der Waals surface area (Å²) in [6, 6.07) is 11.0. The number of ether oxygens (including phenoxy) is 2. The summed E-state index contributed by atoms with van der Waals surface area (Å²) in [6.07, 6.45) is 2.01. The lowest BCUT2D eigenvalue weighted by atomic mass is 9.87. The molecule has 0 radical (unpaired) electrons. The molecule has 2 atom stereocenters. The molecule has 164 valence electrons. The number of nitrogens with zero attached hydrogens (tertiary/aromatic N) is 2. The number of rotatable bonds is 5. The molecule has 2 aromatic rings. The molecule has 2 heterocycles. The van der Waals surface area contributed by atoms with Crippen LogP contribution in [0.25, 0.3) is 0 Å². The minimum absolute atomic E-state index is 0.0711. The lowest BCUT2D eigenvalue weighted by Gasteiger charge is -2.25. The molecule has 2 amide bonds. The molecule has 2 saturated heterocycles. The van der Waals surface area contributed by atoms with Crippen molar-refractivity contribution in [2.45, 2.75) is 18.8 Å². The summed E-state index contributed by atoms with van der Waals surface area (Å²) >= 11 is 0. The Morgan fingerprint density at radius 1 is 0.935 bits per heavy atom. The highest BCUT2D eigenvalue weighted by molar-refractivity contribution is 5.95. The number of likely N-dealkylation sites (tertiary alicyclic amines) is 2. The number of carbonyl (C=O) groups excluding carboxylic acids is 2. The van der Waals surface area contributed by atoms with Gasteiger partial charge < -0.3 is 19.3 Å². The Kier molecular flexibility index (Phi) is 6.11. The Labute approximate surface area is 181 Å². The molecule has 0 aromatic heterocycles. The number of halogens is 1.